The Morgan fingerprint density at radius 1 is 1.22 bits per heavy atom. The number of thioether (sulfide) groups is 1. The molecule has 2 aromatic heterocycles. The zero-order chi connectivity index (χ0) is 36.9. The molecule has 0 aromatic carbocycles. The number of fused-ring (bicyclic) bond motifs is 1. The maximum absolute atomic E-state index is 13.4. The van der Waals surface area contributed by atoms with E-state index < -0.39 is 46.5 Å². The van der Waals surface area contributed by atoms with Gasteiger partial charge in [-0.25, -0.2) is 14.6 Å². The maximum atomic E-state index is 13.4. The number of aromatic nitrogens is 4. The van der Waals surface area contributed by atoms with Gasteiger partial charge < -0.3 is 25.9 Å². The lowest BCUT2D eigenvalue weighted by Crippen LogP contribution is -2.62. The van der Waals surface area contributed by atoms with Crippen molar-refractivity contribution in [3.63, 3.8) is 0 Å². The van der Waals surface area contributed by atoms with Crippen molar-refractivity contribution in [3.05, 3.63) is 33.9 Å². The number of β-lactam (4-membered cyclic amide) rings is 1. The van der Waals surface area contributed by atoms with Gasteiger partial charge in [-0.2, -0.15) is 4.37 Å². The SMILES string of the molecule is Cc1nc(/C(=N/OC(C)(C)C(=O)O)C(=O)C[C@@H]2C(=O)N3C(C(=O)O)=C(C[n+]4cc(CC(=O)CCCN=CCC(=O)O)c(N)n4C)CS[C@H]23)ns1. The molecule has 0 radical (unpaired) electrons. The zero-order valence-corrected chi connectivity index (χ0v) is 29.3. The third-order valence-electron chi connectivity index (χ3n) is 7.90. The lowest BCUT2D eigenvalue weighted by molar-refractivity contribution is -0.765. The first kappa shape index (κ1) is 37.8. The Morgan fingerprint density at radius 2 is 1.94 bits per heavy atom. The van der Waals surface area contributed by atoms with Crippen LogP contribution in [0.15, 0.2) is 27.6 Å². The molecule has 0 unspecified atom stereocenters. The number of anilines is 1. The molecule has 1 amide bonds. The monoisotopic (exact) mass is 733 g/mol. The standard InChI is InChI=1S/C30H36N8O10S2/c1-15-33-25(35-50-15)22(34-48-30(2,3)29(46)47)20(40)11-19-26(43)38-23(28(44)45)17(14-49-27(19)38)13-37-12-16(24(31)36(37)4)10-18(39)6-5-8-32-9-7-21(41)42/h9,12,19,27,31H,5-8,10-11,13-14H2,1-4H3,(H3,41,42,44,45,46,47)/p+1/b32-9?,34-22+/t19-,27-/m1/s1. The third kappa shape index (κ3) is 8.59. The number of nitrogens with zero attached hydrogens (tertiary/aromatic N) is 7. The third-order valence-corrected chi connectivity index (χ3v) is 9.91. The Kier molecular flexibility index (Phi) is 11.9. The van der Waals surface area contributed by atoms with Crippen LogP contribution in [0.2, 0.25) is 0 Å². The summed E-state index contributed by atoms with van der Waals surface area (Å²) in [5.74, 6) is -5.40. The summed E-state index contributed by atoms with van der Waals surface area (Å²) in [6.45, 7) is 4.53. The highest BCUT2D eigenvalue weighted by Gasteiger charge is 2.54. The summed E-state index contributed by atoms with van der Waals surface area (Å²) < 4.78 is 7.33. The molecule has 4 rings (SSSR count). The first-order valence-electron chi connectivity index (χ1n) is 15.3. The van der Waals surface area contributed by atoms with E-state index in [-0.39, 0.29) is 61.0 Å². The van der Waals surface area contributed by atoms with E-state index in [0.29, 0.717) is 34.9 Å². The number of hydrogen-bond donors (Lipinski definition) is 4. The van der Waals surface area contributed by atoms with E-state index in [9.17, 15) is 39.0 Å². The number of Topliss-reactive ketones (excluding diaryl/α,β-unsaturated/α-hetero) is 2. The molecule has 50 heavy (non-hydrogen) atoms. The van der Waals surface area contributed by atoms with Crippen LogP contribution < -0.4 is 10.4 Å². The van der Waals surface area contributed by atoms with Gasteiger partial charge in [-0.05, 0) is 38.7 Å². The molecule has 0 saturated carbocycles. The number of rotatable bonds is 18. The van der Waals surface area contributed by atoms with Gasteiger partial charge in [0.2, 0.25) is 17.7 Å². The Labute approximate surface area is 293 Å². The van der Waals surface area contributed by atoms with E-state index in [4.69, 9.17) is 15.7 Å². The number of nitrogens with two attached hydrogens (primary N) is 1. The second kappa shape index (κ2) is 15.7. The molecule has 20 heteroatoms. The first-order chi connectivity index (χ1) is 23.5. The number of amides is 1. The van der Waals surface area contributed by atoms with Gasteiger partial charge >= 0.3 is 17.9 Å². The number of carbonyl (C=O) groups excluding carboxylic acids is 3. The predicted octanol–water partition coefficient (Wildman–Crippen LogP) is 0.605. The average molecular weight is 734 g/mol. The normalized spacial score (nSPS) is 17.9. The quantitative estimate of drug-likeness (QED) is 0.0538. The van der Waals surface area contributed by atoms with E-state index in [1.165, 1.54) is 31.8 Å². The summed E-state index contributed by atoms with van der Waals surface area (Å²) in [5, 5.41) is 31.9. The molecule has 0 bridgehead atoms. The molecule has 1 fully saturated rings. The van der Waals surface area contributed by atoms with Crippen LogP contribution in [0.25, 0.3) is 0 Å². The minimum absolute atomic E-state index is 0.0353. The van der Waals surface area contributed by atoms with Crippen LogP contribution in [-0.4, -0.2) is 105 Å². The number of aryl methyl sites for hydroxylation is 1. The molecule has 268 valence electrons. The number of oxime groups is 1. The molecule has 5 N–H and O–H groups in total. The van der Waals surface area contributed by atoms with Crippen LogP contribution in [-0.2, 0) is 53.6 Å². The Bertz CT molecular complexity index is 1810. The van der Waals surface area contributed by atoms with Gasteiger partial charge in [0.15, 0.2) is 29.7 Å². The molecule has 18 nitrogen and oxygen atoms in total. The number of carboxylic acid groups (broad SMARTS) is 3. The molecule has 4 heterocycles. The van der Waals surface area contributed by atoms with E-state index in [2.05, 4.69) is 19.5 Å². The molecular weight excluding hydrogens is 697 g/mol. The fraction of sp³-hybridized carbons (Fsp3) is 0.500. The minimum Gasteiger partial charge on any atom is -0.481 e. The number of ketones is 2. The van der Waals surface area contributed by atoms with E-state index >= 15 is 0 Å². The van der Waals surface area contributed by atoms with Crippen molar-refractivity contribution in [2.75, 3.05) is 18.0 Å². The molecule has 2 atom stereocenters. The van der Waals surface area contributed by atoms with E-state index in [1.807, 2.05) is 0 Å². The van der Waals surface area contributed by atoms with Gasteiger partial charge in [0, 0.05) is 43.3 Å². The van der Waals surface area contributed by atoms with Crippen molar-refractivity contribution < 1.29 is 53.6 Å². The van der Waals surface area contributed by atoms with Gasteiger partial charge in [-0.15, -0.1) is 21.1 Å². The van der Waals surface area contributed by atoms with Crippen molar-refractivity contribution in [2.24, 2.45) is 23.1 Å². The van der Waals surface area contributed by atoms with E-state index in [1.54, 1.807) is 29.5 Å². The number of aliphatic carboxylic acids is 3. The molecule has 1 saturated heterocycles. The summed E-state index contributed by atoms with van der Waals surface area (Å²) in [7, 11) is 1.66. The summed E-state index contributed by atoms with van der Waals surface area (Å²) in [5.41, 5.74) is 4.92. The highest BCUT2D eigenvalue weighted by atomic mass is 32.2. The number of carbonyl (C=O) groups is 6. The van der Waals surface area contributed by atoms with Crippen LogP contribution in [0.1, 0.15) is 55.9 Å². The zero-order valence-electron chi connectivity index (χ0n) is 27.7. The number of carboxylic acids is 3. The Balaban J connectivity index is 1.46. The summed E-state index contributed by atoms with van der Waals surface area (Å²) in [6, 6.07) is 0. The van der Waals surface area contributed by atoms with Gasteiger partial charge in [0.05, 0.1) is 30.3 Å². The largest absolute Gasteiger partial charge is 0.481 e. The number of aliphatic imine (C=N–C) groups is 1. The fourth-order valence-corrected chi connectivity index (χ4v) is 6.99. The molecular formula is C30H37N8O10S2+. The molecule has 2 aliphatic rings. The summed E-state index contributed by atoms with van der Waals surface area (Å²) >= 11 is 2.29. The van der Waals surface area contributed by atoms with Gasteiger partial charge in [0.1, 0.15) is 16.5 Å². The molecule has 2 aliphatic heterocycles. The molecule has 2 aromatic rings. The second-order valence-electron chi connectivity index (χ2n) is 12.1. The van der Waals surface area contributed by atoms with Crippen molar-refractivity contribution in [1.29, 1.82) is 0 Å². The fourth-order valence-electron chi connectivity index (χ4n) is 5.11. The minimum atomic E-state index is -1.77. The van der Waals surface area contributed by atoms with Gasteiger partial charge in [-0.1, -0.05) is 5.16 Å². The average Bonchev–Trinajstić information content (AvgIpc) is 3.58. The highest BCUT2D eigenvalue weighted by molar-refractivity contribution is 8.00. The smallest absolute Gasteiger partial charge is 0.352 e. The highest BCUT2D eigenvalue weighted by Crippen LogP contribution is 2.45. The van der Waals surface area contributed by atoms with E-state index in [0.717, 1.165) is 16.4 Å². The lowest BCUT2D eigenvalue weighted by Gasteiger charge is -2.49. The topological polar surface area (TPSA) is 261 Å². The lowest BCUT2D eigenvalue weighted by atomic mass is 9.89. The van der Waals surface area contributed by atoms with Crippen LogP contribution in [0.5, 0.6) is 0 Å². The predicted molar refractivity (Wildman–Crippen MR) is 178 cm³/mol. The van der Waals surface area contributed by atoms with Crippen LogP contribution in [0, 0.1) is 12.8 Å². The van der Waals surface area contributed by atoms with Gasteiger partial charge in [0.25, 0.3) is 0 Å². The molecule has 0 aliphatic carbocycles. The van der Waals surface area contributed by atoms with Crippen molar-refractivity contribution in [1.82, 2.24) is 18.9 Å². The second-order valence-corrected chi connectivity index (χ2v) is 14.1. The first-order valence-corrected chi connectivity index (χ1v) is 17.1. The van der Waals surface area contributed by atoms with Crippen LogP contribution in [0.3, 0.4) is 0 Å². The van der Waals surface area contributed by atoms with Crippen molar-refractivity contribution in [3.8, 4) is 0 Å². The maximum Gasteiger partial charge on any atom is 0.352 e. The van der Waals surface area contributed by atoms with Crippen LogP contribution >= 0.6 is 23.3 Å². The van der Waals surface area contributed by atoms with Crippen molar-refractivity contribution in [2.45, 2.75) is 70.4 Å². The number of nitrogen functional groups attached to an aromatic ring is 1. The van der Waals surface area contributed by atoms with Crippen LogP contribution in [0.4, 0.5) is 5.82 Å². The van der Waals surface area contributed by atoms with Crippen molar-refractivity contribution >= 4 is 76.4 Å². The Hall–Kier alpha value is -4.98. The summed E-state index contributed by atoms with van der Waals surface area (Å²) in [4.78, 5) is 88.5. The Morgan fingerprint density at radius 3 is 2.56 bits per heavy atom. The number of hydrogen-bond acceptors (Lipinski definition) is 14. The molecule has 0 spiro atoms. The summed E-state index contributed by atoms with van der Waals surface area (Å²) in [6.07, 6.45) is 3.09. The van der Waals surface area contributed by atoms with Gasteiger partial charge in [-0.3, -0.25) is 29.1 Å².